The molecule has 0 spiro atoms. The Morgan fingerprint density at radius 3 is 2.56 bits per heavy atom. The number of carbonyl (C=O) groups is 1. The third-order valence-electron chi connectivity index (χ3n) is 2.13. The number of aliphatic carboxylic acids is 1. The van der Waals surface area contributed by atoms with E-state index in [9.17, 15) is 23.3 Å². The first-order valence-electron chi connectivity index (χ1n) is 4.72. The van der Waals surface area contributed by atoms with Gasteiger partial charge in [0.25, 0.3) is 5.69 Å². The highest BCUT2D eigenvalue weighted by Crippen LogP contribution is 2.25. The minimum absolute atomic E-state index is 0.147. The molecule has 1 rings (SSSR count). The Hall–Kier alpha value is -2.16. The highest BCUT2D eigenvalue weighted by atomic mass is 32.2. The molecule has 0 aliphatic rings. The fourth-order valence-electron chi connectivity index (χ4n) is 1.24. The van der Waals surface area contributed by atoms with Gasteiger partial charge in [-0.3, -0.25) is 14.9 Å². The number of nitrogens with zero attached hydrogens (tertiary/aromatic N) is 1. The smallest absolute Gasteiger partial charge is 0.304 e. The number of nitro groups is 1. The van der Waals surface area contributed by atoms with E-state index in [1.54, 1.807) is 0 Å². The molecule has 0 aromatic heterocycles. The van der Waals surface area contributed by atoms with Gasteiger partial charge in [-0.05, 0) is 6.07 Å². The summed E-state index contributed by atoms with van der Waals surface area (Å²) < 4.78 is 23.5. The van der Waals surface area contributed by atoms with E-state index in [0.29, 0.717) is 0 Å². The zero-order valence-corrected chi connectivity index (χ0v) is 9.88. The van der Waals surface area contributed by atoms with Crippen molar-refractivity contribution in [3.8, 4) is 0 Å². The van der Waals surface area contributed by atoms with Crippen molar-refractivity contribution in [1.82, 2.24) is 0 Å². The van der Waals surface area contributed by atoms with Gasteiger partial charge in [-0.25, -0.2) is 8.42 Å². The van der Waals surface area contributed by atoms with Gasteiger partial charge >= 0.3 is 5.97 Å². The fourth-order valence-corrected chi connectivity index (χ4v) is 2.63. The number of benzene rings is 1. The summed E-state index contributed by atoms with van der Waals surface area (Å²) >= 11 is 0. The average Bonchev–Trinajstić information content (AvgIpc) is 2.26. The van der Waals surface area contributed by atoms with Crippen LogP contribution in [-0.2, 0) is 14.6 Å². The van der Waals surface area contributed by atoms with E-state index in [1.165, 1.54) is 0 Å². The molecule has 8 nitrogen and oxygen atoms in total. The number of rotatable bonds is 5. The van der Waals surface area contributed by atoms with Gasteiger partial charge in [-0.1, -0.05) is 0 Å². The zero-order valence-electron chi connectivity index (χ0n) is 9.07. The summed E-state index contributed by atoms with van der Waals surface area (Å²) in [5, 5.41) is 19.0. The van der Waals surface area contributed by atoms with Crippen LogP contribution >= 0.6 is 0 Å². The summed E-state index contributed by atoms with van der Waals surface area (Å²) in [5.74, 6) is -1.93. The highest BCUT2D eigenvalue weighted by molar-refractivity contribution is 7.91. The van der Waals surface area contributed by atoms with Gasteiger partial charge in [-0.15, -0.1) is 0 Å². The summed E-state index contributed by atoms with van der Waals surface area (Å²) in [7, 11) is -3.95. The Kier molecular flexibility index (Phi) is 3.86. The summed E-state index contributed by atoms with van der Waals surface area (Å²) in [6.07, 6.45) is -0.593. The predicted molar refractivity (Wildman–Crippen MR) is 61.8 cm³/mol. The summed E-state index contributed by atoms with van der Waals surface area (Å²) in [5.41, 5.74) is 4.87. The first-order chi connectivity index (χ1) is 8.24. The molecule has 0 radical (unpaired) electrons. The maximum absolute atomic E-state index is 11.8. The van der Waals surface area contributed by atoms with Crippen molar-refractivity contribution in [1.29, 1.82) is 0 Å². The molecule has 98 valence electrons. The number of hydrogen-bond donors (Lipinski definition) is 2. The Labute approximate surface area is 102 Å². The van der Waals surface area contributed by atoms with E-state index in [2.05, 4.69) is 0 Å². The van der Waals surface area contributed by atoms with Gasteiger partial charge in [0.15, 0.2) is 9.84 Å². The first-order valence-corrected chi connectivity index (χ1v) is 6.38. The van der Waals surface area contributed by atoms with Gasteiger partial charge in [0, 0.05) is 12.1 Å². The van der Waals surface area contributed by atoms with Crippen LogP contribution in [-0.4, -0.2) is 30.2 Å². The van der Waals surface area contributed by atoms with Crippen molar-refractivity contribution < 1.29 is 23.2 Å². The molecule has 0 saturated carbocycles. The standard InChI is InChI=1S/C9H10N2O6S/c10-7-2-1-6(11(14)15)5-8(7)18(16,17)4-3-9(12)13/h1-2,5H,3-4,10H2,(H,12,13). The van der Waals surface area contributed by atoms with E-state index in [1.807, 2.05) is 0 Å². The van der Waals surface area contributed by atoms with Crippen LogP contribution in [0.25, 0.3) is 0 Å². The normalized spacial score (nSPS) is 11.1. The van der Waals surface area contributed by atoms with Crippen LogP contribution in [0.5, 0.6) is 0 Å². The second kappa shape index (κ2) is 5.00. The predicted octanol–water partition coefficient (Wildman–Crippen LogP) is 0.425. The minimum Gasteiger partial charge on any atom is -0.481 e. The maximum Gasteiger partial charge on any atom is 0.304 e. The molecule has 18 heavy (non-hydrogen) atoms. The Balaban J connectivity index is 3.18. The van der Waals surface area contributed by atoms with Crippen LogP contribution in [0.2, 0.25) is 0 Å². The van der Waals surface area contributed by atoms with Crippen molar-refractivity contribution in [3.05, 3.63) is 28.3 Å². The Morgan fingerprint density at radius 1 is 1.44 bits per heavy atom. The molecule has 0 amide bonds. The van der Waals surface area contributed by atoms with E-state index < -0.39 is 43.5 Å². The van der Waals surface area contributed by atoms with Gasteiger partial charge in [0.1, 0.15) is 0 Å². The molecule has 0 atom stereocenters. The van der Waals surface area contributed by atoms with E-state index in [-0.39, 0.29) is 5.69 Å². The largest absolute Gasteiger partial charge is 0.481 e. The number of carboxylic acids is 1. The number of carboxylic acid groups (broad SMARTS) is 1. The van der Waals surface area contributed by atoms with Crippen molar-refractivity contribution in [2.24, 2.45) is 0 Å². The van der Waals surface area contributed by atoms with Crippen molar-refractivity contribution in [3.63, 3.8) is 0 Å². The topological polar surface area (TPSA) is 141 Å². The van der Waals surface area contributed by atoms with E-state index in [4.69, 9.17) is 10.8 Å². The number of non-ortho nitro benzene ring substituents is 1. The highest BCUT2D eigenvalue weighted by Gasteiger charge is 2.22. The lowest BCUT2D eigenvalue weighted by molar-refractivity contribution is -0.385. The lowest BCUT2D eigenvalue weighted by Gasteiger charge is -2.06. The Bertz CT molecular complexity index is 595. The molecule has 1 aromatic rings. The zero-order chi connectivity index (χ0) is 13.9. The molecule has 0 unspecified atom stereocenters. The number of anilines is 1. The van der Waals surface area contributed by atoms with Crippen LogP contribution in [0.3, 0.4) is 0 Å². The molecular weight excluding hydrogens is 264 g/mol. The number of nitro benzene ring substituents is 1. The SMILES string of the molecule is Nc1ccc([N+](=O)[O-])cc1S(=O)(=O)CCC(=O)O. The summed E-state index contributed by atoms with van der Waals surface area (Å²) in [4.78, 5) is 19.7. The summed E-state index contributed by atoms with van der Waals surface area (Å²) in [6.45, 7) is 0. The van der Waals surface area contributed by atoms with Crippen LogP contribution in [0.4, 0.5) is 11.4 Å². The molecule has 3 N–H and O–H groups in total. The lowest BCUT2D eigenvalue weighted by Crippen LogP contribution is -2.13. The van der Waals surface area contributed by atoms with Crippen molar-refractivity contribution in [2.45, 2.75) is 11.3 Å². The average molecular weight is 274 g/mol. The molecule has 1 aromatic carbocycles. The van der Waals surface area contributed by atoms with E-state index >= 15 is 0 Å². The number of sulfone groups is 1. The molecule has 9 heteroatoms. The van der Waals surface area contributed by atoms with Crippen LogP contribution < -0.4 is 5.73 Å². The van der Waals surface area contributed by atoms with Crippen LogP contribution in [0, 0.1) is 10.1 Å². The second-order valence-electron chi connectivity index (χ2n) is 3.44. The Morgan fingerprint density at radius 2 is 2.06 bits per heavy atom. The molecule has 0 aliphatic carbocycles. The van der Waals surface area contributed by atoms with Crippen LogP contribution in [0.1, 0.15) is 6.42 Å². The quantitative estimate of drug-likeness (QED) is 0.450. The minimum atomic E-state index is -3.95. The maximum atomic E-state index is 11.8. The summed E-state index contributed by atoms with van der Waals surface area (Å²) in [6, 6.07) is 3.00. The van der Waals surface area contributed by atoms with Gasteiger partial charge < -0.3 is 10.8 Å². The third kappa shape index (κ3) is 3.17. The molecule has 0 heterocycles. The molecule has 0 saturated heterocycles. The first kappa shape index (κ1) is 13.9. The molecule has 0 fully saturated rings. The van der Waals surface area contributed by atoms with Gasteiger partial charge in [-0.2, -0.15) is 0 Å². The van der Waals surface area contributed by atoms with E-state index in [0.717, 1.165) is 18.2 Å². The van der Waals surface area contributed by atoms with Crippen LogP contribution in [0.15, 0.2) is 23.1 Å². The fraction of sp³-hybridized carbons (Fsp3) is 0.222. The molecule has 0 bridgehead atoms. The second-order valence-corrected chi connectivity index (χ2v) is 5.52. The van der Waals surface area contributed by atoms with Gasteiger partial charge in [0.05, 0.1) is 27.7 Å². The lowest BCUT2D eigenvalue weighted by atomic mass is 10.3. The monoisotopic (exact) mass is 274 g/mol. The molecule has 0 aliphatic heterocycles. The van der Waals surface area contributed by atoms with Crippen molar-refractivity contribution in [2.75, 3.05) is 11.5 Å². The number of hydrogen-bond acceptors (Lipinski definition) is 6. The van der Waals surface area contributed by atoms with Gasteiger partial charge in [0.2, 0.25) is 0 Å². The number of nitrogens with two attached hydrogens (primary N) is 1. The third-order valence-corrected chi connectivity index (χ3v) is 3.89. The number of nitrogen functional groups attached to an aromatic ring is 1. The molecular formula is C9H10N2O6S. The van der Waals surface area contributed by atoms with Crippen molar-refractivity contribution >= 4 is 27.2 Å².